The number of nitrogens with zero attached hydrogens (tertiary/aromatic N) is 3. The Kier molecular flexibility index (Phi) is 5.12. The Labute approximate surface area is 197 Å². The van der Waals surface area contributed by atoms with Crippen LogP contribution in [0.4, 0.5) is 11.6 Å². The number of hydrogen-bond donors (Lipinski definition) is 2. The monoisotopic (exact) mass is 477 g/mol. The van der Waals surface area contributed by atoms with Crippen molar-refractivity contribution < 1.29 is 8.95 Å². The van der Waals surface area contributed by atoms with Crippen LogP contribution in [0.2, 0.25) is 0 Å². The zero-order valence-electron chi connectivity index (χ0n) is 17.9. The molecule has 9 heteroatoms. The first-order valence-corrected chi connectivity index (χ1v) is 13.0. The molecule has 2 aliphatic rings. The van der Waals surface area contributed by atoms with Crippen LogP contribution in [0.15, 0.2) is 46.9 Å². The predicted octanol–water partition coefficient (Wildman–Crippen LogP) is 4.36. The predicted molar refractivity (Wildman–Crippen MR) is 133 cm³/mol. The number of nitrogen functional groups attached to an aromatic ring is 2. The number of nitrogens with two attached hydrogens (primary N) is 2. The van der Waals surface area contributed by atoms with E-state index in [0.717, 1.165) is 69.3 Å². The van der Waals surface area contributed by atoms with E-state index in [-0.39, 0.29) is 11.2 Å². The molecule has 0 amide bonds. The van der Waals surface area contributed by atoms with E-state index in [9.17, 15) is 4.21 Å². The molecule has 1 saturated carbocycles. The maximum Gasteiger partial charge on any atom is 0.219 e. The van der Waals surface area contributed by atoms with E-state index in [0.29, 0.717) is 11.6 Å². The van der Waals surface area contributed by atoms with Crippen molar-refractivity contribution in [3.63, 3.8) is 0 Å². The van der Waals surface area contributed by atoms with Crippen LogP contribution < -0.4 is 11.5 Å². The SMILES string of the molecule is Nc1ncc(-c2cc(-c3ccc(C4COC4)cc3)c3c(N)c(S(=O)C4CCC4)sc3n2)cn1. The molecule has 1 aliphatic carbocycles. The van der Waals surface area contributed by atoms with Gasteiger partial charge in [0.1, 0.15) is 9.04 Å². The van der Waals surface area contributed by atoms with Crippen LogP contribution in [-0.2, 0) is 15.5 Å². The molecule has 1 aromatic carbocycles. The van der Waals surface area contributed by atoms with Gasteiger partial charge >= 0.3 is 0 Å². The average Bonchev–Trinajstić information content (AvgIpc) is 3.08. The van der Waals surface area contributed by atoms with Gasteiger partial charge in [-0.05, 0) is 35.6 Å². The van der Waals surface area contributed by atoms with E-state index in [2.05, 4.69) is 34.2 Å². The highest BCUT2D eigenvalue weighted by molar-refractivity contribution is 7.88. The highest BCUT2D eigenvalue weighted by atomic mass is 32.2. The van der Waals surface area contributed by atoms with Crippen LogP contribution in [-0.4, -0.2) is 37.6 Å². The van der Waals surface area contributed by atoms with Gasteiger partial charge < -0.3 is 16.2 Å². The molecule has 0 radical (unpaired) electrons. The molecule has 1 atom stereocenters. The summed E-state index contributed by atoms with van der Waals surface area (Å²) < 4.78 is 19.3. The quantitative estimate of drug-likeness (QED) is 0.438. The summed E-state index contributed by atoms with van der Waals surface area (Å²) in [6.45, 7) is 1.54. The second-order valence-electron chi connectivity index (χ2n) is 8.58. The summed E-state index contributed by atoms with van der Waals surface area (Å²) in [6, 6.07) is 10.5. The molecule has 4 N–H and O–H groups in total. The molecule has 3 aromatic heterocycles. The number of ether oxygens (including phenoxy) is 1. The fourth-order valence-corrected chi connectivity index (χ4v) is 7.41. The van der Waals surface area contributed by atoms with E-state index in [4.69, 9.17) is 21.2 Å². The largest absolute Gasteiger partial charge is 0.396 e. The second-order valence-corrected chi connectivity index (χ2v) is 11.5. The number of benzene rings is 1. The number of thiophene rings is 1. The molecule has 1 unspecified atom stereocenters. The van der Waals surface area contributed by atoms with Gasteiger partial charge in [-0.1, -0.05) is 30.7 Å². The van der Waals surface area contributed by atoms with Crippen LogP contribution in [0.3, 0.4) is 0 Å². The van der Waals surface area contributed by atoms with Crippen molar-refractivity contribution in [2.75, 3.05) is 24.7 Å². The lowest BCUT2D eigenvalue weighted by atomic mass is 9.94. The Morgan fingerprint density at radius 1 is 1.03 bits per heavy atom. The van der Waals surface area contributed by atoms with E-state index >= 15 is 0 Å². The summed E-state index contributed by atoms with van der Waals surface area (Å²) in [5, 5.41) is 1.06. The average molecular weight is 478 g/mol. The number of rotatable bonds is 5. The minimum absolute atomic E-state index is 0.192. The smallest absolute Gasteiger partial charge is 0.219 e. The first kappa shape index (κ1) is 20.7. The van der Waals surface area contributed by atoms with Crippen LogP contribution in [0, 0.1) is 0 Å². The summed E-state index contributed by atoms with van der Waals surface area (Å²) in [5.41, 5.74) is 17.7. The van der Waals surface area contributed by atoms with E-state index in [1.807, 2.05) is 6.07 Å². The Hall–Kier alpha value is -2.88. The van der Waals surface area contributed by atoms with Crippen LogP contribution >= 0.6 is 11.3 Å². The highest BCUT2D eigenvalue weighted by Gasteiger charge is 2.29. The van der Waals surface area contributed by atoms with Crippen LogP contribution in [0.25, 0.3) is 32.6 Å². The van der Waals surface area contributed by atoms with Crippen molar-refractivity contribution in [1.29, 1.82) is 0 Å². The van der Waals surface area contributed by atoms with Crippen molar-refractivity contribution in [2.24, 2.45) is 0 Å². The first-order valence-electron chi connectivity index (χ1n) is 11.0. The second kappa shape index (κ2) is 8.16. The molecule has 1 aliphatic heterocycles. The van der Waals surface area contributed by atoms with Crippen molar-refractivity contribution in [3.8, 4) is 22.4 Å². The minimum atomic E-state index is -1.11. The lowest BCUT2D eigenvalue weighted by Crippen LogP contribution is -2.24. The maximum absolute atomic E-state index is 13.2. The standard InChI is InChI=1S/C24H23N5O2S2/c25-21-20-18(14-6-4-13(5-7-14)16-11-31-12-16)8-19(15-9-27-24(26)28-10-15)29-22(20)32-23(21)33(30)17-2-1-3-17/h4-10,16-17H,1-3,11-12,25H2,(H2,26,27,28). The molecule has 4 heterocycles. The maximum atomic E-state index is 13.2. The summed E-state index contributed by atoms with van der Waals surface area (Å²) >= 11 is 1.43. The normalized spacial score (nSPS) is 17.6. The van der Waals surface area contributed by atoms with Crippen molar-refractivity contribution in [3.05, 3.63) is 48.3 Å². The van der Waals surface area contributed by atoms with Crippen molar-refractivity contribution in [2.45, 2.75) is 34.6 Å². The summed E-state index contributed by atoms with van der Waals surface area (Å²) in [7, 11) is -1.11. The molecule has 4 aromatic rings. The van der Waals surface area contributed by atoms with Crippen LogP contribution in [0.1, 0.15) is 30.7 Å². The molecule has 7 nitrogen and oxygen atoms in total. The topological polar surface area (TPSA) is 117 Å². The van der Waals surface area contributed by atoms with Gasteiger partial charge in [0, 0.05) is 34.5 Å². The number of pyridine rings is 1. The molecule has 1 saturated heterocycles. The highest BCUT2D eigenvalue weighted by Crippen LogP contribution is 2.44. The molecule has 0 bridgehead atoms. The Balaban J connectivity index is 1.52. The van der Waals surface area contributed by atoms with Crippen molar-refractivity contribution >= 4 is 44.0 Å². The Morgan fingerprint density at radius 3 is 2.36 bits per heavy atom. The van der Waals surface area contributed by atoms with Gasteiger partial charge in [-0.25, -0.2) is 15.0 Å². The van der Waals surface area contributed by atoms with Gasteiger partial charge in [0.2, 0.25) is 5.95 Å². The zero-order valence-corrected chi connectivity index (χ0v) is 19.5. The van der Waals surface area contributed by atoms with Crippen LogP contribution in [0.5, 0.6) is 0 Å². The fraction of sp³-hybridized carbons (Fsp3) is 0.292. The third kappa shape index (κ3) is 3.60. The van der Waals surface area contributed by atoms with Gasteiger partial charge in [0.25, 0.3) is 0 Å². The van der Waals surface area contributed by atoms with Crippen molar-refractivity contribution in [1.82, 2.24) is 15.0 Å². The zero-order chi connectivity index (χ0) is 22.5. The van der Waals surface area contributed by atoms with Gasteiger partial charge in [-0.2, -0.15) is 0 Å². The Morgan fingerprint density at radius 2 is 1.76 bits per heavy atom. The molecule has 0 spiro atoms. The molecule has 6 rings (SSSR count). The molecule has 2 fully saturated rings. The van der Waals surface area contributed by atoms with Gasteiger partial charge in [-0.15, -0.1) is 11.3 Å². The lowest BCUT2D eigenvalue weighted by molar-refractivity contribution is 0.00843. The van der Waals surface area contributed by atoms with E-state index in [1.54, 1.807) is 12.4 Å². The number of anilines is 2. The minimum Gasteiger partial charge on any atom is -0.396 e. The van der Waals surface area contributed by atoms with Gasteiger partial charge in [-0.3, -0.25) is 4.21 Å². The third-order valence-electron chi connectivity index (χ3n) is 6.50. The van der Waals surface area contributed by atoms with E-state index in [1.165, 1.54) is 16.9 Å². The summed E-state index contributed by atoms with van der Waals surface area (Å²) in [5.74, 6) is 0.677. The number of aromatic nitrogens is 3. The fourth-order valence-electron chi connectivity index (χ4n) is 4.20. The number of fused-ring (bicyclic) bond motifs is 1. The third-order valence-corrected chi connectivity index (χ3v) is 9.80. The van der Waals surface area contributed by atoms with Gasteiger partial charge in [0.15, 0.2) is 0 Å². The number of hydrogen-bond acceptors (Lipinski definition) is 8. The van der Waals surface area contributed by atoms with E-state index < -0.39 is 10.8 Å². The Bertz CT molecular complexity index is 1360. The lowest BCUT2D eigenvalue weighted by Gasteiger charge is -2.26. The molecular weight excluding hydrogens is 454 g/mol. The molecular formula is C24H23N5O2S2. The van der Waals surface area contributed by atoms with Gasteiger partial charge in [0.05, 0.1) is 35.4 Å². The summed E-state index contributed by atoms with van der Waals surface area (Å²) in [4.78, 5) is 13.9. The first-order chi connectivity index (χ1) is 16.1. The summed E-state index contributed by atoms with van der Waals surface area (Å²) in [6.07, 6.45) is 6.45. The molecule has 168 valence electrons. The molecule has 33 heavy (non-hydrogen) atoms.